The van der Waals surface area contributed by atoms with Crippen LogP contribution >= 0.6 is 0 Å². The lowest BCUT2D eigenvalue weighted by Gasteiger charge is -2.13. The molecule has 1 aromatic carbocycles. The maximum Gasteiger partial charge on any atom is 0.433 e. The number of carboxylic acids is 1. The highest BCUT2D eigenvalue weighted by molar-refractivity contribution is 6.15. The van der Waals surface area contributed by atoms with Crippen molar-refractivity contribution in [3.8, 4) is 11.6 Å². The van der Waals surface area contributed by atoms with E-state index in [1.54, 1.807) is 0 Å². The van der Waals surface area contributed by atoms with Crippen LogP contribution < -0.4 is 4.74 Å². The first-order valence-electron chi connectivity index (χ1n) is 6.12. The van der Waals surface area contributed by atoms with Gasteiger partial charge in [-0.3, -0.25) is 0 Å². The van der Waals surface area contributed by atoms with Crippen molar-refractivity contribution in [1.82, 2.24) is 4.98 Å². The fourth-order valence-corrected chi connectivity index (χ4v) is 1.64. The van der Waals surface area contributed by atoms with Crippen molar-refractivity contribution in [2.75, 3.05) is 0 Å². The number of rotatable bonds is 4. The average molecular weight is 327 g/mol. The van der Waals surface area contributed by atoms with Crippen molar-refractivity contribution in [2.24, 2.45) is 0 Å². The molecule has 23 heavy (non-hydrogen) atoms. The van der Waals surface area contributed by atoms with E-state index in [-0.39, 0.29) is 11.3 Å². The van der Waals surface area contributed by atoms with Crippen LogP contribution in [0.1, 0.15) is 11.3 Å². The summed E-state index contributed by atoms with van der Waals surface area (Å²) < 4.78 is 56.3. The summed E-state index contributed by atoms with van der Waals surface area (Å²) >= 11 is 0. The smallest absolute Gasteiger partial charge is 0.433 e. The topological polar surface area (TPSA) is 59.4 Å². The van der Waals surface area contributed by atoms with Crippen LogP contribution in [0, 0.1) is 5.82 Å². The predicted octanol–water partition coefficient (Wildman–Crippen LogP) is 4.13. The molecule has 0 unspecified atom stereocenters. The Morgan fingerprint density at radius 1 is 1.13 bits per heavy atom. The number of hydrogen-bond acceptors (Lipinski definition) is 3. The number of aliphatic carboxylic acids is 1. The molecule has 0 amide bonds. The molecule has 0 spiro atoms. The first-order valence-corrected chi connectivity index (χ1v) is 6.12. The highest BCUT2D eigenvalue weighted by Crippen LogP contribution is 2.34. The Morgan fingerprint density at radius 3 is 2.26 bits per heavy atom. The molecule has 1 aromatic heterocycles. The molecular formula is C15H9F4NO3. The van der Waals surface area contributed by atoms with E-state index >= 15 is 0 Å². The van der Waals surface area contributed by atoms with E-state index in [1.165, 1.54) is 12.1 Å². The Morgan fingerprint density at radius 2 is 1.74 bits per heavy atom. The van der Waals surface area contributed by atoms with E-state index in [1.807, 2.05) is 0 Å². The van der Waals surface area contributed by atoms with Gasteiger partial charge < -0.3 is 9.84 Å². The fourth-order valence-electron chi connectivity index (χ4n) is 1.64. The number of carboxylic acid groups (broad SMARTS) is 1. The van der Waals surface area contributed by atoms with Gasteiger partial charge in [-0.05, 0) is 36.4 Å². The second-order valence-electron chi connectivity index (χ2n) is 4.39. The molecule has 0 bridgehead atoms. The summed E-state index contributed by atoms with van der Waals surface area (Å²) in [6, 6.07) is 5.95. The first kappa shape index (κ1) is 16.5. The van der Waals surface area contributed by atoms with Gasteiger partial charge in [0.25, 0.3) is 0 Å². The van der Waals surface area contributed by atoms with Crippen molar-refractivity contribution in [1.29, 1.82) is 0 Å². The molecule has 1 heterocycles. The van der Waals surface area contributed by atoms with Crippen LogP contribution in [0.25, 0.3) is 5.57 Å². The molecule has 4 nitrogen and oxygen atoms in total. The van der Waals surface area contributed by atoms with Gasteiger partial charge in [0.1, 0.15) is 17.3 Å². The Bertz CT molecular complexity index is 754. The number of pyridine rings is 1. The minimum atomic E-state index is -4.73. The zero-order valence-electron chi connectivity index (χ0n) is 11.4. The van der Waals surface area contributed by atoms with Gasteiger partial charge in [0.15, 0.2) is 0 Å². The molecule has 0 aliphatic carbocycles. The second-order valence-corrected chi connectivity index (χ2v) is 4.39. The lowest BCUT2D eigenvalue weighted by Crippen LogP contribution is -2.10. The third-order valence-electron chi connectivity index (χ3n) is 2.76. The van der Waals surface area contributed by atoms with Crippen molar-refractivity contribution < 1.29 is 32.2 Å². The van der Waals surface area contributed by atoms with E-state index in [2.05, 4.69) is 11.6 Å². The van der Waals surface area contributed by atoms with E-state index in [4.69, 9.17) is 9.84 Å². The molecule has 8 heteroatoms. The maximum absolute atomic E-state index is 12.8. The SMILES string of the molecule is C=C(C(=O)O)c1ccc(C(F)(F)F)nc1Oc1ccc(F)cc1. The van der Waals surface area contributed by atoms with Crippen LogP contribution in [-0.4, -0.2) is 16.1 Å². The molecule has 1 N–H and O–H groups in total. The van der Waals surface area contributed by atoms with Gasteiger partial charge in [-0.15, -0.1) is 0 Å². The molecule has 120 valence electrons. The van der Waals surface area contributed by atoms with Crippen LogP contribution in [0.4, 0.5) is 17.6 Å². The molecule has 0 atom stereocenters. The maximum atomic E-state index is 12.8. The molecule has 0 saturated carbocycles. The summed E-state index contributed by atoms with van der Waals surface area (Å²) in [7, 11) is 0. The summed E-state index contributed by atoms with van der Waals surface area (Å²) in [5.41, 5.74) is -1.95. The van der Waals surface area contributed by atoms with E-state index in [0.717, 1.165) is 18.2 Å². The van der Waals surface area contributed by atoms with Crippen molar-refractivity contribution in [3.63, 3.8) is 0 Å². The third-order valence-corrected chi connectivity index (χ3v) is 2.76. The molecule has 0 aliphatic heterocycles. The van der Waals surface area contributed by atoms with Crippen LogP contribution in [0.2, 0.25) is 0 Å². The highest BCUT2D eigenvalue weighted by atomic mass is 19.4. The van der Waals surface area contributed by atoms with Gasteiger partial charge in [0.05, 0.1) is 11.1 Å². The summed E-state index contributed by atoms with van der Waals surface area (Å²) in [5, 5.41) is 8.94. The van der Waals surface area contributed by atoms with Crippen LogP contribution in [-0.2, 0) is 11.0 Å². The van der Waals surface area contributed by atoms with Gasteiger partial charge in [-0.2, -0.15) is 13.2 Å². The number of aromatic nitrogens is 1. The van der Waals surface area contributed by atoms with Gasteiger partial charge in [-0.25, -0.2) is 14.2 Å². The summed E-state index contributed by atoms with van der Waals surface area (Å²) in [5.74, 6) is -2.59. The van der Waals surface area contributed by atoms with Crippen molar-refractivity contribution in [2.45, 2.75) is 6.18 Å². The Labute approximate surface area is 127 Å². The van der Waals surface area contributed by atoms with E-state index in [0.29, 0.717) is 6.07 Å². The molecule has 0 radical (unpaired) electrons. The molecule has 0 aliphatic rings. The lowest BCUT2D eigenvalue weighted by atomic mass is 10.1. The largest absolute Gasteiger partial charge is 0.478 e. The van der Waals surface area contributed by atoms with Gasteiger partial charge in [0, 0.05) is 0 Å². The average Bonchev–Trinajstić information content (AvgIpc) is 2.48. The lowest BCUT2D eigenvalue weighted by molar-refractivity contribution is -0.141. The zero-order chi connectivity index (χ0) is 17.2. The molecule has 2 aromatic rings. The number of alkyl halides is 3. The molecule has 0 fully saturated rings. The van der Waals surface area contributed by atoms with E-state index < -0.39 is 35.1 Å². The van der Waals surface area contributed by atoms with Gasteiger partial charge >= 0.3 is 12.1 Å². The Balaban J connectivity index is 2.49. The van der Waals surface area contributed by atoms with Gasteiger partial charge in [0.2, 0.25) is 5.88 Å². The Hall–Kier alpha value is -2.90. The first-order chi connectivity index (χ1) is 10.7. The Kier molecular flexibility index (Phi) is 4.35. The summed E-state index contributed by atoms with van der Waals surface area (Å²) in [6.07, 6.45) is -4.73. The van der Waals surface area contributed by atoms with Crippen LogP contribution in [0.3, 0.4) is 0 Å². The predicted molar refractivity (Wildman–Crippen MR) is 72.4 cm³/mol. The normalized spacial score (nSPS) is 11.1. The number of ether oxygens (including phenoxy) is 1. The van der Waals surface area contributed by atoms with Crippen molar-refractivity contribution >= 4 is 11.5 Å². The van der Waals surface area contributed by atoms with Crippen LogP contribution in [0.5, 0.6) is 11.6 Å². The number of carbonyl (C=O) groups is 1. The zero-order valence-corrected chi connectivity index (χ0v) is 11.4. The van der Waals surface area contributed by atoms with Gasteiger partial charge in [-0.1, -0.05) is 6.58 Å². The summed E-state index contributed by atoms with van der Waals surface area (Å²) in [4.78, 5) is 14.3. The van der Waals surface area contributed by atoms with E-state index in [9.17, 15) is 22.4 Å². The molecule has 0 saturated heterocycles. The minimum Gasteiger partial charge on any atom is -0.478 e. The monoisotopic (exact) mass is 327 g/mol. The standard InChI is InChI=1S/C15H9F4NO3/c1-8(14(21)22)11-6-7-12(15(17,18)19)20-13(11)23-10-4-2-9(16)3-5-10/h2-7H,1H2,(H,21,22). The fraction of sp³-hybridized carbons (Fsp3) is 0.0667. The molecule has 2 rings (SSSR count). The number of hydrogen-bond donors (Lipinski definition) is 1. The number of nitrogens with zero attached hydrogens (tertiary/aromatic N) is 1. The third kappa shape index (κ3) is 3.85. The number of benzene rings is 1. The van der Waals surface area contributed by atoms with Crippen LogP contribution in [0.15, 0.2) is 43.0 Å². The quantitative estimate of drug-likeness (QED) is 0.677. The second kappa shape index (κ2) is 6.07. The number of halogens is 4. The van der Waals surface area contributed by atoms with Crippen molar-refractivity contribution in [3.05, 3.63) is 60.1 Å². The minimum absolute atomic E-state index is 0.00216. The molecular weight excluding hydrogens is 318 g/mol. The highest BCUT2D eigenvalue weighted by Gasteiger charge is 2.34. The summed E-state index contributed by atoms with van der Waals surface area (Å²) in [6.45, 7) is 3.27.